The Morgan fingerprint density at radius 2 is 1.52 bits per heavy atom. The summed E-state index contributed by atoms with van der Waals surface area (Å²) in [6.07, 6.45) is 0. The van der Waals surface area contributed by atoms with E-state index in [0.717, 1.165) is 5.56 Å². The molecule has 1 heterocycles. The van der Waals surface area contributed by atoms with Gasteiger partial charge in [0.25, 0.3) is 5.91 Å². The average Bonchev–Trinajstić information content (AvgIpc) is 2.79. The minimum atomic E-state index is -0.582. The van der Waals surface area contributed by atoms with Gasteiger partial charge in [-0.2, -0.15) is 0 Å². The number of benzene rings is 2. The van der Waals surface area contributed by atoms with Gasteiger partial charge < -0.3 is 15.5 Å². The van der Waals surface area contributed by atoms with Crippen molar-refractivity contribution in [2.45, 2.75) is 19.3 Å². The van der Waals surface area contributed by atoms with Crippen LogP contribution in [0.2, 0.25) is 0 Å². The van der Waals surface area contributed by atoms with Gasteiger partial charge >= 0.3 is 0 Å². The molecule has 1 saturated heterocycles. The largest absolute Gasteiger partial charge is 0.355 e. The van der Waals surface area contributed by atoms with Gasteiger partial charge in [-0.1, -0.05) is 30.3 Å². The highest BCUT2D eigenvalue weighted by Gasteiger charge is 2.35. The van der Waals surface area contributed by atoms with Crippen LogP contribution in [0, 0.1) is 0 Å². The number of hydrogen-bond acceptors (Lipinski definition) is 4. The molecule has 7 nitrogen and oxygen atoms in total. The molecule has 0 aliphatic carbocycles. The van der Waals surface area contributed by atoms with E-state index in [-0.39, 0.29) is 24.3 Å². The number of rotatable bonds is 6. The molecule has 0 atom stereocenters. The molecule has 31 heavy (non-hydrogen) atoms. The third-order valence-corrected chi connectivity index (χ3v) is 5.71. The SMILES string of the molecule is CNC(=O)c1ccc(NC(=O)CN2CCN(C(=O)C(C)(C)c3ccccc3)CC2)cc1. The fourth-order valence-electron chi connectivity index (χ4n) is 3.74. The number of hydrogen-bond donors (Lipinski definition) is 2. The lowest BCUT2D eigenvalue weighted by atomic mass is 9.83. The van der Waals surface area contributed by atoms with Gasteiger partial charge in [0.2, 0.25) is 11.8 Å². The summed E-state index contributed by atoms with van der Waals surface area (Å²) in [5.74, 6) is -0.170. The molecule has 2 aromatic rings. The van der Waals surface area contributed by atoms with Crippen LogP contribution in [0.4, 0.5) is 5.69 Å². The Labute approximate surface area is 183 Å². The van der Waals surface area contributed by atoms with Crippen LogP contribution in [0.5, 0.6) is 0 Å². The van der Waals surface area contributed by atoms with Crippen molar-refractivity contribution in [2.75, 3.05) is 45.1 Å². The van der Waals surface area contributed by atoms with Crippen molar-refractivity contribution in [2.24, 2.45) is 0 Å². The van der Waals surface area contributed by atoms with E-state index in [1.54, 1.807) is 31.3 Å². The maximum Gasteiger partial charge on any atom is 0.251 e. The summed E-state index contributed by atoms with van der Waals surface area (Å²) in [5.41, 5.74) is 1.61. The molecule has 164 valence electrons. The highest BCUT2D eigenvalue weighted by Crippen LogP contribution is 2.26. The highest BCUT2D eigenvalue weighted by molar-refractivity contribution is 5.96. The molecule has 2 aromatic carbocycles. The summed E-state index contributed by atoms with van der Waals surface area (Å²) in [7, 11) is 1.58. The quantitative estimate of drug-likeness (QED) is 0.747. The van der Waals surface area contributed by atoms with Crippen molar-refractivity contribution in [1.82, 2.24) is 15.1 Å². The molecule has 3 amide bonds. The number of nitrogens with zero attached hydrogens (tertiary/aromatic N) is 2. The molecule has 0 unspecified atom stereocenters. The molecule has 1 aliphatic heterocycles. The smallest absolute Gasteiger partial charge is 0.251 e. The fraction of sp³-hybridized carbons (Fsp3) is 0.375. The van der Waals surface area contributed by atoms with Crippen LogP contribution in [-0.4, -0.2) is 67.3 Å². The minimum absolute atomic E-state index is 0.110. The van der Waals surface area contributed by atoms with Gasteiger partial charge in [0.1, 0.15) is 0 Å². The first-order valence-electron chi connectivity index (χ1n) is 10.5. The molecule has 0 radical (unpaired) electrons. The second-order valence-corrected chi connectivity index (χ2v) is 8.26. The minimum Gasteiger partial charge on any atom is -0.355 e. The summed E-state index contributed by atoms with van der Waals surface area (Å²) in [6, 6.07) is 16.6. The van der Waals surface area contributed by atoms with Crippen molar-refractivity contribution in [1.29, 1.82) is 0 Å². The van der Waals surface area contributed by atoms with Crippen LogP contribution < -0.4 is 10.6 Å². The van der Waals surface area contributed by atoms with E-state index in [2.05, 4.69) is 10.6 Å². The van der Waals surface area contributed by atoms with Crippen molar-refractivity contribution in [3.63, 3.8) is 0 Å². The summed E-state index contributed by atoms with van der Waals surface area (Å²) in [4.78, 5) is 41.0. The predicted octanol–water partition coefficient (Wildman–Crippen LogP) is 2.11. The second-order valence-electron chi connectivity index (χ2n) is 8.26. The molecule has 2 N–H and O–H groups in total. The highest BCUT2D eigenvalue weighted by atomic mass is 16.2. The van der Waals surface area contributed by atoms with Gasteiger partial charge in [-0.05, 0) is 43.7 Å². The standard InChI is InChI=1S/C24H30N4O3/c1-24(2,19-7-5-4-6-8-19)23(31)28-15-13-27(14-16-28)17-21(29)26-20-11-9-18(10-12-20)22(30)25-3/h4-12H,13-17H2,1-3H3,(H,25,30)(H,26,29). The van der Waals surface area contributed by atoms with Gasteiger partial charge in [0, 0.05) is 44.5 Å². The van der Waals surface area contributed by atoms with Crippen molar-refractivity contribution in [3.8, 4) is 0 Å². The van der Waals surface area contributed by atoms with E-state index < -0.39 is 5.41 Å². The molecule has 1 aliphatic rings. The first kappa shape index (κ1) is 22.5. The van der Waals surface area contributed by atoms with Crippen LogP contribution in [0.1, 0.15) is 29.8 Å². The first-order chi connectivity index (χ1) is 14.8. The fourth-order valence-corrected chi connectivity index (χ4v) is 3.74. The van der Waals surface area contributed by atoms with Gasteiger partial charge in [-0.3, -0.25) is 19.3 Å². The number of carbonyl (C=O) groups is 3. The molecule has 0 bridgehead atoms. The average molecular weight is 423 g/mol. The van der Waals surface area contributed by atoms with Gasteiger partial charge in [0.05, 0.1) is 12.0 Å². The molecular formula is C24H30N4O3. The molecule has 0 saturated carbocycles. The third-order valence-electron chi connectivity index (χ3n) is 5.71. The molecule has 7 heteroatoms. The van der Waals surface area contributed by atoms with E-state index in [0.29, 0.717) is 37.4 Å². The number of anilines is 1. The summed E-state index contributed by atoms with van der Waals surface area (Å²) in [6.45, 7) is 6.69. The van der Waals surface area contributed by atoms with Crippen LogP contribution in [0.15, 0.2) is 54.6 Å². The summed E-state index contributed by atoms with van der Waals surface area (Å²) in [5, 5.41) is 5.42. The topological polar surface area (TPSA) is 81.8 Å². The number of nitrogens with one attached hydrogen (secondary N) is 2. The van der Waals surface area contributed by atoms with Crippen LogP contribution in [0.25, 0.3) is 0 Å². The lowest BCUT2D eigenvalue weighted by molar-refractivity contribution is -0.138. The normalized spacial score (nSPS) is 14.7. The van der Waals surface area contributed by atoms with E-state index in [4.69, 9.17) is 0 Å². The number of carbonyl (C=O) groups excluding carboxylic acids is 3. The molecule has 0 spiro atoms. The summed E-state index contributed by atoms with van der Waals surface area (Å²) >= 11 is 0. The molecule has 0 aromatic heterocycles. The monoisotopic (exact) mass is 422 g/mol. The van der Waals surface area contributed by atoms with E-state index >= 15 is 0 Å². The molecule has 3 rings (SSSR count). The number of amides is 3. The Morgan fingerprint density at radius 3 is 2.10 bits per heavy atom. The van der Waals surface area contributed by atoms with Gasteiger partial charge in [0.15, 0.2) is 0 Å². The van der Waals surface area contributed by atoms with Crippen LogP contribution >= 0.6 is 0 Å². The zero-order chi connectivity index (χ0) is 22.4. The summed E-state index contributed by atoms with van der Waals surface area (Å²) < 4.78 is 0. The van der Waals surface area contributed by atoms with E-state index in [1.165, 1.54) is 0 Å². The Kier molecular flexibility index (Phi) is 7.07. The lowest BCUT2D eigenvalue weighted by Gasteiger charge is -2.38. The number of piperazine rings is 1. The molecular weight excluding hydrogens is 392 g/mol. The van der Waals surface area contributed by atoms with Crippen LogP contribution in [-0.2, 0) is 15.0 Å². The predicted molar refractivity (Wildman–Crippen MR) is 121 cm³/mol. The Bertz CT molecular complexity index is 918. The van der Waals surface area contributed by atoms with Crippen LogP contribution in [0.3, 0.4) is 0 Å². The third kappa shape index (κ3) is 5.49. The second kappa shape index (κ2) is 9.75. The van der Waals surface area contributed by atoms with Crippen molar-refractivity contribution < 1.29 is 14.4 Å². The van der Waals surface area contributed by atoms with Gasteiger partial charge in [-0.15, -0.1) is 0 Å². The maximum absolute atomic E-state index is 13.1. The molecule has 1 fully saturated rings. The van der Waals surface area contributed by atoms with Gasteiger partial charge in [-0.25, -0.2) is 0 Å². The van der Waals surface area contributed by atoms with Crippen molar-refractivity contribution in [3.05, 3.63) is 65.7 Å². The van der Waals surface area contributed by atoms with Crippen molar-refractivity contribution >= 4 is 23.4 Å². The lowest BCUT2D eigenvalue weighted by Crippen LogP contribution is -2.54. The zero-order valence-electron chi connectivity index (χ0n) is 18.4. The Balaban J connectivity index is 1.49. The Hall–Kier alpha value is -3.19. The Morgan fingerprint density at radius 1 is 0.903 bits per heavy atom. The zero-order valence-corrected chi connectivity index (χ0v) is 18.4. The van der Waals surface area contributed by atoms with E-state index in [1.807, 2.05) is 54.0 Å². The first-order valence-corrected chi connectivity index (χ1v) is 10.5. The maximum atomic E-state index is 13.1. The van der Waals surface area contributed by atoms with E-state index in [9.17, 15) is 14.4 Å².